The van der Waals surface area contributed by atoms with Gasteiger partial charge in [0.25, 0.3) is 0 Å². The molecule has 1 rings (SSSR count). The molecule has 0 saturated heterocycles. The molecule has 0 aliphatic rings. The van der Waals surface area contributed by atoms with Crippen LogP contribution < -0.4 is 5.73 Å². The third kappa shape index (κ3) is 3.00. The Kier molecular flexibility index (Phi) is 4.56. The molecule has 6 heteroatoms. The average Bonchev–Trinajstić information content (AvgIpc) is 2.36. The van der Waals surface area contributed by atoms with E-state index in [9.17, 15) is 19.4 Å². The fourth-order valence-electron chi connectivity index (χ4n) is 1.34. The number of carbonyl (C=O) groups is 1. The van der Waals surface area contributed by atoms with Crippen LogP contribution in [0.3, 0.4) is 0 Å². The predicted octanol–water partition coefficient (Wildman–Crippen LogP) is -0.0347. The summed E-state index contributed by atoms with van der Waals surface area (Å²) in [6.45, 7) is -0.147. The van der Waals surface area contributed by atoms with Crippen molar-refractivity contribution in [2.45, 2.75) is 12.2 Å². The van der Waals surface area contributed by atoms with Crippen molar-refractivity contribution in [1.29, 1.82) is 0 Å². The Bertz CT molecular complexity index is 410. The molecule has 1 aromatic carbocycles. The molecule has 0 fully saturated rings. The summed E-state index contributed by atoms with van der Waals surface area (Å²) in [5, 5.41) is 19.0. The summed E-state index contributed by atoms with van der Waals surface area (Å²) in [5.74, 6) is -1.60. The maximum absolute atomic E-state index is 13.3. The standard InChI is InChI=1S/C11H14FNO4/c1-17-11(16)7-4-6(2-3-8(7)12)10(15)9(14)5-13/h2-4,9-10,14-15H,5,13H2,1H3. The SMILES string of the molecule is COC(=O)c1cc(C(O)C(O)CN)ccc1F. The normalized spacial score (nSPS) is 14.2. The number of ether oxygens (including phenoxy) is 1. The van der Waals surface area contributed by atoms with Gasteiger partial charge in [-0.2, -0.15) is 0 Å². The lowest BCUT2D eigenvalue weighted by Crippen LogP contribution is -2.27. The molecule has 0 aliphatic heterocycles. The second-order valence-electron chi connectivity index (χ2n) is 3.48. The molecule has 0 saturated carbocycles. The Morgan fingerprint density at radius 2 is 2.18 bits per heavy atom. The highest BCUT2D eigenvalue weighted by molar-refractivity contribution is 5.89. The van der Waals surface area contributed by atoms with Gasteiger partial charge < -0.3 is 20.7 Å². The molecule has 0 spiro atoms. The Morgan fingerprint density at radius 1 is 1.53 bits per heavy atom. The third-order valence-corrected chi connectivity index (χ3v) is 2.34. The van der Waals surface area contributed by atoms with E-state index in [0.717, 1.165) is 19.2 Å². The van der Waals surface area contributed by atoms with E-state index >= 15 is 0 Å². The molecular weight excluding hydrogens is 229 g/mol. The Morgan fingerprint density at radius 3 is 2.71 bits per heavy atom. The van der Waals surface area contributed by atoms with Gasteiger partial charge in [0, 0.05) is 6.54 Å². The Hall–Kier alpha value is -1.50. The molecule has 0 aliphatic carbocycles. The number of benzene rings is 1. The van der Waals surface area contributed by atoms with E-state index in [1.807, 2.05) is 0 Å². The topological polar surface area (TPSA) is 92.8 Å². The highest BCUT2D eigenvalue weighted by Gasteiger charge is 2.20. The van der Waals surface area contributed by atoms with Gasteiger partial charge in [0.05, 0.1) is 18.8 Å². The van der Waals surface area contributed by atoms with Gasteiger partial charge in [-0.25, -0.2) is 9.18 Å². The van der Waals surface area contributed by atoms with Gasteiger partial charge in [-0.3, -0.25) is 0 Å². The van der Waals surface area contributed by atoms with Crippen LogP contribution in [0.25, 0.3) is 0 Å². The molecule has 0 radical (unpaired) electrons. The number of halogens is 1. The maximum Gasteiger partial charge on any atom is 0.340 e. The summed E-state index contributed by atoms with van der Waals surface area (Å²) in [6, 6.07) is 3.42. The molecule has 94 valence electrons. The maximum atomic E-state index is 13.3. The zero-order valence-electron chi connectivity index (χ0n) is 9.26. The van der Waals surface area contributed by atoms with Gasteiger partial charge >= 0.3 is 5.97 Å². The van der Waals surface area contributed by atoms with Gasteiger partial charge in [0.2, 0.25) is 0 Å². The highest BCUT2D eigenvalue weighted by atomic mass is 19.1. The number of hydrogen-bond acceptors (Lipinski definition) is 5. The summed E-state index contributed by atoms with van der Waals surface area (Å²) in [5.41, 5.74) is 5.09. The number of hydrogen-bond donors (Lipinski definition) is 3. The molecule has 1 aromatic rings. The van der Waals surface area contributed by atoms with Crippen LogP contribution in [0.5, 0.6) is 0 Å². The van der Waals surface area contributed by atoms with E-state index in [1.165, 1.54) is 6.07 Å². The van der Waals surface area contributed by atoms with Crippen molar-refractivity contribution in [1.82, 2.24) is 0 Å². The molecule has 2 atom stereocenters. The minimum Gasteiger partial charge on any atom is -0.465 e. The van der Waals surface area contributed by atoms with E-state index in [2.05, 4.69) is 4.74 Å². The van der Waals surface area contributed by atoms with Crippen LogP contribution in [0, 0.1) is 5.82 Å². The summed E-state index contributed by atoms with van der Waals surface area (Å²) < 4.78 is 17.7. The Labute approximate surface area is 97.6 Å². The molecule has 0 aromatic heterocycles. The first-order chi connectivity index (χ1) is 8.01. The first kappa shape index (κ1) is 13.6. The summed E-state index contributed by atoms with van der Waals surface area (Å²) in [7, 11) is 1.12. The van der Waals surface area contributed by atoms with E-state index in [-0.39, 0.29) is 17.7 Å². The largest absolute Gasteiger partial charge is 0.465 e. The van der Waals surface area contributed by atoms with Gasteiger partial charge in [0.15, 0.2) is 0 Å². The Balaban J connectivity index is 3.08. The highest BCUT2D eigenvalue weighted by Crippen LogP contribution is 2.20. The fraction of sp³-hybridized carbons (Fsp3) is 0.364. The fourth-order valence-corrected chi connectivity index (χ4v) is 1.34. The van der Waals surface area contributed by atoms with Gasteiger partial charge in [-0.05, 0) is 17.7 Å². The van der Waals surface area contributed by atoms with Crippen molar-refractivity contribution in [3.05, 3.63) is 35.1 Å². The zero-order chi connectivity index (χ0) is 13.0. The molecule has 2 unspecified atom stereocenters. The van der Waals surface area contributed by atoms with Crippen molar-refractivity contribution >= 4 is 5.97 Å². The van der Waals surface area contributed by atoms with Crippen molar-refractivity contribution in [2.24, 2.45) is 5.73 Å². The lowest BCUT2D eigenvalue weighted by molar-refractivity contribution is 0.0241. The molecule has 0 bridgehead atoms. The summed E-state index contributed by atoms with van der Waals surface area (Å²) >= 11 is 0. The number of rotatable bonds is 4. The zero-order valence-corrected chi connectivity index (χ0v) is 9.26. The predicted molar refractivity (Wildman–Crippen MR) is 57.8 cm³/mol. The third-order valence-electron chi connectivity index (χ3n) is 2.34. The minimum absolute atomic E-state index is 0.147. The van der Waals surface area contributed by atoms with Crippen LogP contribution in [0.15, 0.2) is 18.2 Å². The van der Waals surface area contributed by atoms with Gasteiger partial charge in [-0.15, -0.1) is 0 Å². The second-order valence-corrected chi connectivity index (χ2v) is 3.48. The quantitative estimate of drug-likeness (QED) is 0.645. The smallest absolute Gasteiger partial charge is 0.340 e. The monoisotopic (exact) mass is 243 g/mol. The number of methoxy groups -OCH3 is 1. The van der Waals surface area contributed by atoms with Gasteiger partial charge in [0.1, 0.15) is 11.9 Å². The van der Waals surface area contributed by atoms with E-state index in [0.29, 0.717) is 0 Å². The minimum atomic E-state index is -1.27. The first-order valence-corrected chi connectivity index (χ1v) is 4.95. The van der Waals surface area contributed by atoms with Crippen LogP contribution >= 0.6 is 0 Å². The number of carbonyl (C=O) groups excluding carboxylic acids is 1. The molecule has 0 heterocycles. The number of aliphatic hydroxyl groups is 2. The van der Waals surface area contributed by atoms with Gasteiger partial charge in [-0.1, -0.05) is 6.07 Å². The summed E-state index contributed by atoms with van der Waals surface area (Å²) in [6.07, 6.45) is -2.45. The van der Waals surface area contributed by atoms with Crippen molar-refractivity contribution < 1.29 is 24.1 Å². The van der Waals surface area contributed by atoms with Crippen LogP contribution in [-0.2, 0) is 4.74 Å². The number of aliphatic hydroxyl groups excluding tert-OH is 2. The van der Waals surface area contributed by atoms with Crippen LogP contribution in [-0.4, -0.2) is 35.9 Å². The van der Waals surface area contributed by atoms with E-state index < -0.39 is 24.0 Å². The molecule has 5 nitrogen and oxygen atoms in total. The van der Waals surface area contributed by atoms with E-state index in [4.69, 9.17) is 5.73 Å². The van der Waals surface area contributed by atoms with E-state index in [1.54, 1.807) is 0 Å². The molecule has 0 amide bonds. The lowest BCUT2D eigenvalue weighted by atomic mass is 10.0. The molecule has 4 N–H and O–H groups in total. The second kappa shape index (κ2) is 5.72. The number of nitrogens with two attached hydrogens (primary N) is 1. The first-order valence-electron chi connectivity index (χ1n) is 4.95. The van der Waals surface area contributed by atoms with Crippen LogP contribution in [0.1, 0.15) is 22.0 Å². The average molecular weight is 243 g/mol. The van der Waals surface area contributed by atoms with Crippen molar-refractivity contribution in [2.75, 3.05) is 13.7 Å². The van der Waals surface area contributed by atoms with Crippen LogP contribution in [0.2, 0.25) is 0 Å². The molecular formula is C11H14FNO4. The van der Waals surface area contributed by atoms with Crippen molar-refractivity contribution in [3.63, 3.8) is 0 Å². The number of esters is 1. The molecule has 17 heavy (non-hydrogen) atoms. The summed E-state index contributed by atoms with van der Waals surface area (Å²) in [4.78, 5) is 11.2. The van der Waals surface area contributed by atoms with Crippen LogP contribution in [0.4, 0.5) is 4.39 Å². The van der Waals surface area contributed by atoms with Crippen molar-refractivity contribution in [3.8, 4) is 0 Å². The lowest BCUT2D eigenvalue weighted by Gasteiger charge is -2.17.